The molecule has 9 nitrogen and oxygen atoms in total. The van der Waals surface area contributed by atoms with Crippen LogP contribution in [0, 0.1) is 11.6 Å². The average Bonchev–Trinajstić information content (AvgIpc) is 2.97. The number of halogens is 2. The highest BCUT2D eigenvalue weighted by Crippen LogP contribution is 2.31. The van der Waals surface area contributed by atoms with Gasteiger partial charge in [-0.15, -0.1) is 0 Å². The molecule has 2 heterocycles. The van der Waals surface area contributed by atoms with Gasteiger partial charge in [-0.25, -0.2) is 36.9 Å². The molecule has 0 aliphatic heterocycles. The van der Waals surface area contributed by atoms with Gasteiger partial charge in [0.1, 0.15) is 4.90 Å². The predicted molar refractivity (Wildman–Crippen MR) is 153 cm³/mol. The quantitative estimate of drug-likeness (QED) is 0.291. The fourth-order valence-electron chi connectivity index (χ4n) is 5.08. The number of aromatic nitrogens is 3. The molecule has 1 saturated carbocycles. The Kier molecular flexibility index (Phi) is 8.43. The first-order valence-electron chi connectivity index (χ1n) is 13.3. The maximum absolute atomic E-state index is 14.0. The molecule has 0 unspecified atom stereocenters. The molecular formula is C29H32F2N6O3S. The topological polar surface area (TPSA) is 109 Å². The van der Waals surface area contributed by atoms with Crippen LogP contribution in [0.2, 0.25) is 0 Å². The number of fused-ring (bicyclic) bond motifs is 1. The van der Waals surface area contributed by atoms with Crippen molar-refractivity contribution in [2.24, 2.45) is 0 Å². The van der Waals surface area contributed by atoms with Crippen LogP contribution in [0.1, 0.15) is 31.4 Å². The molecule has 0 atom stereocenters. The number of sulfonamides is 1. The van der Waals surface area contributed by atoms with Crippen LogP contribution in [0.5, 0.6) is 5.88 Å². The summed E-state index contributed by atoms with van der Waals surface area (Å²) in [5.74, 6) is -1.78. The molecule has 12 heteroatoms. The number of ether oxygens (including phenoxy) is 1. The third-order valence-electron chi connectivity index (χ3n) is 7.41. The molecule has 0 spiro atoms. The Hall–Kier alpha value is -3.74. The highest BCUT2D eigenvalue weighted by molar-refractivity contribution is 7.89. The van der Waals surface area contributed by atoms with E-state index in [1.807, 2.05) is 18.2 Å². The number of nitrogens with zero attached hydrogens (tertiary/aromatic N) is 4. The van der Waals surface area contributed by atoms with Crippen molar-refractivity contribution in [3.8, 4) is 17.0 Å². The first kappa shape index (κ1) is 28.8. The van der Waals surface area contributed by atoms with Gasteiger partial charge in [0.15, 0.2) is 11.6 Å². The monoisotopic (exact) mass is 582 g/mol. The van der Waals surface area contributed by atoms with Gasteiger partial charge < -0.3 is 15.0 Å². The Bertz CT molecular complexity index is 1660. The third-order valence-corrected chi connectivity index (χ3v) is 8.83. The second-order valence-corrected chi connectivity index (χ2v) is 12.1. The minimum absolute atomic E-state index is 0.243. The summed E-state index contributed by atoms with van der Waals surface area (Å²) in [5.41, 5.74) is 2.65. The van der Waals surface area contributed by atoms with Crippen LogP contribution in [0.15, 0.2) is 59.6 Å². The molecule has 2 aromatic carbocycles. The molecule has 5 rings (SSSR count). The molecule has 4 aromatic rings. The molecule has 2 N–H and O–H groups in total. The van der Waals surface area contributed by atoms with Gasteiger partial charge in [-0.2, -0.15) is 0 Å². The van der Waals surface area contributed by atoms with E-state index in [4.69, 9.17) is 9.72 Å². The zero-order valence-corrected chi connectivity index (χ0v) is 23.9. The average molecular weight is 583 g/mol. The Morgan fingerprint density at radius 3 is 2.54 bits per heavy atom. The molecule has 0 radical (unpaired) electrons. The Balaban J connectivity index is 1.29. The lowest BCUT2D eigenvalue weighted by Gasteiger charge is -2.32. The first-order valence-corrected chi connectivity index (χ1v) is 14.8. The molecule has 0 bridgehead atoms. The summed E-state index contributed by atoms with van der Waals surface area (Å²) in [6.07, 6.45) is 6.24. The summed E-state index contributed by atoms with van der Waals surface area (Å²) in [6.45, 7) is -0.243. The summed E-state index contributed by atoms with van der Waals surface area (Å²) in [7, 11) is 1.42. The molecular weight excluding hydrogens is 550 g/mol. The first-order chi connectivity index (χ1) is 19.6. The van der Waals surface area contributed by atoms with Crippen LogP contribution in [-0.2, 0) is 16.6 Å². The van der Waals surface area contributed by atoms with Crippen molar-refractivity contribution in [1.29, 1.82) is 0 Å². The predicted octanol–water partition coefficient (Wildman–Crippen LogP) is 4.74. The fraction of sp³-hybridized carbons (Fsp3) is 0.345. The van der Waals surface area contributed by atoms with E-state index in [1.54, 1.807) is 18.3 Å². The van der Waals surface area contributed by atoms with Crippen LogP contribution < -0.4 is 14.8 Å². The van der Waals surface area contributed by atoms with Crippen LogP contribution in [0.4, 0.5) is 14.7 Å². The van der Waals surface area contributed by atoms with E-state index >= 15 is 0 Å². The standard InChI is InChI=1S/C29H32F2N6O3S/c1-37(2)22-11-8-20(9-12-22)35-29-32-16-19-15-18(7-14-25(19)36-29)23-13-10-21(34-28(23)40-3)17-33-41(38,39)26-6-4-5-24(30)27(26)31/h4-7,10,13-16,20,22,33H,8-9,11-12,17H2,1-3H3,(H,32,35,36). The maximum atomic E-state index is 14.0. The van der Waals surface area contributed by atoms with E-state index < -0.39 is 26.6 Å². The van der Waals surface area contributed by atoms with Gasteiger partial charge in [-0.1, -0.05) is 12.1 Å². The number of pyridine rings is 1. The Morgan fingerprint density at radius 2 is 1.80 bits per heavy atom. The second-order valence-electron chi connectivity index (χ2n) is 10.3. The largest absolute Gasteiger partial charge is 0.481 e. The molecule has 1 fully saturated rings. The normalized spacial score (nSPS) is 17.6. The summed E-state index contributed by atoms with van der Waals surface area (Å²) in [6, 6.07) is 13.1. The maximum Gasteiger partial charge on any atom is 0.243 e. The lowest BCUT2D eigenvalue weighted by Crippen LogP contribution is -2.36. The number of hydrogen-bond donors (Lipinski definition) is 2. The Labute approximate surface area is 238 Å². The van der Waals surface area contributed by atoms with Crippen molar-refractivity contribution < 1.29 is 21.9 Å². The summed E-state index contributed by atoms with van der Waals surface area (Å²) in [5, 5.41) is 4.33. The van der Waals surface area contributed by atoms with Crippen LogP contribution >= 0.6 is 0 Å². The number of hydrogen-bond acceptors (Lipinski definition) is 8. The zero-order chi connectivity index (χ0) is 29.1. The number of nitrogens with one attached hydrogen (secondary N) is 2. The zero-order valence-electron chi connectivity index (χ0n) is 23.1. The van der Waals surface area contributed by atoms with E-state index in [1.165, 1.54) is 7.11 Å². The minimum atomic E-state index is -4.30. The highest BCUT2D eigenvalue weighted by atomic mass is 32.2. The minimum Gasteiger partial charge on any atom is -0.481 e. The number of anilines is 1. The Morgan fingerprint density at radius 1 is 1.02 bits per heavy atom. The van der Waals surface area contributed by atoms with E-state index in [9.17, 15) is 17.2 Å². The molecule has 1 aliphatic carbocycles. The van der Waals surface area contributed by atoms with Crippen molar-refractivity contribution in [2.45, 2.75) is 49.2 Å². The van der Waals surface area contributed by atoms with Gasteiger partial charge in [0.25, 0.3) is 0 Å². The van der Waals surface area contributed by atoms with E-state index in [-0.39, 0.29) is 12.4 Å². The summed E-state index contributed by atoms with van der Waals surface area (Å²) < 4.78 is 60.3. The van der Waals surface area contributed by atoms with Crippen LogP contribution in [0.3, 0.4) is 0 Å². The van der Waals surface area contributed by atoms with Crippen molar-refractivity contribution in [3.63, 3.8) is 0 Å². The van der Waals surface area contributed by atoms with Crippen LogP contribution in [0.25, 0.3) is 22.0 Å². The number of benzene rings is 2. The molecule has 216 valence electrons. The lowest BCUT2D eigenvalue weighted by atomic mass is 9.91. The van der Waals surface area contributed by atoms with Crippen molar-refractivity contribution in [2.75, 3.05) is 26.5 Å². The van der Waals surface area contributed by atoms with Gasteiger partial charge in [-0.05, 0) is 81.7 Å². The number of rotatable bonds is 9. The van der Waals surface area contributed by atoms with E-state index in [0.717, 1.165) is 60.3 Å². The summed E-state index contributed by atoms with van der Waals surface area (Å²) >= 11 is 0. The molecule has 41 heavy (non-hydrogen) atoms. The van der Waals surface area contributed by atoms with Gasteiger partial charge in [-0.3, -0.25) is 0 Å². The third kappa shape index (κ3) is 6.45. The van der Waals surface area contributed by atoms with E-state index in [0.29, 0.717) is 29.3 Å². The summed E-state index contributed by atoms with van der Waals surface area (Å²) in [4.78, 5) is 15.2. The van der Waals surface area contributed by atoms with Crippen molar-refractivity contribution >= 4 is 26.9 Å². The van der Waals surface area contributed by atoms with Gasteiger partial charge in [0.05, 0.1) is 24.9 Å². The van der Waals surface area contributed by atoms with Gasteiger partial charge in [0.2, 0.25) is 21.9 Å². The molecule has 1 aliphatic rings. The van der Waals surface area contributed by atoms with Crippen LogP contribution in [-0.4, -0.2) is 61.6 Å². The second kappa shape index (κ2) is 12.0. The molecule has 0 saturated heterocycles. The smallest absolute Gasteiger partial charge is 0.243 e. The van der Waals surface area contributed by atoms with Crippen molar-refractivity contribution in [3.05, 3.63) is 72.1 Å². The molecule has 0 amide bonds. The lowest BCUT2D eigenvalue weighted by molar-refractivity contribution is 0.221. The van der Waals surface area contributed by atoms with Gasteiger partial charge >= 0.3 is 0 Å². The van der Waals surface area contributed by atoms with E-state index in [2.05, 4.69) is 39.0 Å². The van der Waals surface area contributed by atoms with Gasteiger partial charge in [0, 0.05) is 29.2 Å². The molecule has 2 aromatic heterocycles. The highest BCUT2D eigenvalue weighted by Gasteiger charge is 2.23. The number of methoxy groups -OCH3 is 1. The van der Waals surface area contributed by atoms with Crippen molar-refractivity contribution in [1.82, 2.24) is 24.6 Å². The SMILES string of the molecule is COc1nc(CNS(=O)(=O)c2cccc(F)c2F)ccc1-c1ccc2nc(NC3CCC(N(C)C)CC3)ncc2c1. The fourth-order valence-corrected chi connectivity index (χ4v) is 6.16.